The average molecular weight is 314 g/mol. The molecule has 0 saturated heterocycles. The topological polar surface area (TPSA) is 62.6 Å². The van der Waals surface area contributed by atoms with Crippen LogP contribution >= 0.6 is 0 Å². The number of hydrogen-bond donors (Lipinski definition) is 0. The summed E-state index contributed by atoms with van der Waals surface area (Å²) in [4.78, 5) is 14.4. The minimum absolute atomic E-state index is 0.183. The van der Waals surface area contributed by atoms with Gasteiger partial charge in [-0.1, -0.05) is 6.08 Å². The van der Waals surface area contributed by atoms with Gasteiger partial charge in [-0.3, -0.25) is 4.79 Å². The smallest absolute Gasteiger partial charge is 0.255 e. The number of benzene rings is 1. The second-order valence-corrected chi connectivity index (χ2v) is 5.72. The van der Waals surface area contributed by atoms with Crippen molar-refractivity contribution in [3.63, 3.8) is 0 Å². The van der Waals surface area contributed by atoms with E-state index in [1.54, 1.807) is 37.3 Å². The molecule has 1 aliphatic rings. The molecule has 1 aliphatic carbocycles. The molecule has 0 bridgehead atoms. The Balaban J connectivity index is 2.42. The van der Waals surface area contributed by atoms with E-state index >= 15 is 0 Å². The Hall–Kier alpha value is -2.48. The van der Waals surface area contributed by atoms with E-state index in [-0.39, 0.29) is 5.91 Å². The van der Waals surface area contributed by atoms with Crippen molar-refractivity contribution in [1.82, 2.24) is 4.90 Å². The van der Waals surface area contributed by atoms with Gasteiger partial charge in [-0.05, 0) is 37.8 Å². The molecule has 0 N–H and O–H groups in total. The predicted octanol–water partition coefficient (Wildman–Crippen LogP) is 2.95. The normalized spacial score (nSPS) is 15.0. The number of nitriles is 1. The van der Waals surface area contributed by atoms with Crippen LogP contribution in [0.1, 0.15) is 35.2 Å². The van der Waals surface area contributed by atoms with Crippen molar-refractivity contribution in [3.8, 4) is 17.6 Å². The SMILES string of the molecule is C=CCc1cc(C(=O)N(C)C2(C#N)CCC2)cc(OC)c1OC. The molecule has 0 heterocycles. The zero-order valence-electron chi connectivity index (χ0n) is 13.9. The number of carbonyl (C=O) groups is 1. The van der Waals surface area contributed by atoms with Crippen LogP contribution in [0, 0.1) is 11.3 Å². The molecule has 0 atom stereocenters. The Morgan fingerprint density at radius 2 is 2.13 bits per heavy atom. The first-order valence-electron chi connectivity index (χ1n) is 7.58. The maximum Gasteiger partial charge on any atom is 0.255 e. The van der Waals surface area contributed by atoms with Crippen molar-refractivity contribution in [3.05, 3.63) is 35.9 Å². The fourth-order valence-electron chi connectivity index (χ4n) is 2.90. The molecular weight excluding hydrogens is 292 g/mol. The van der Waals surface area contributed by atoms with E-state index in [0.717, 1.165) is 24.8 Å². The van der Waals surface area contributed by atoms with Gasteiger partial charge in [-0.2, -0.15) is 5.26 Å². The van der Waals surface area contributed by atoms with Gasteiger partial charge >= 0.3 is 0 Å². The Kier molecular flexibility index (Phi) is 4.95. The molecule has 2 rings (SSSR count). The molecule has 0 unspecified atom stereocenters. The van der Waals surface area contributed by atoms with Crippen LogP contribution in [-0.2, 0) is 6.42 Å². The first-order valence-corrected chi connectivity index (χ1v) is 7.58. The highest BCUT2D eigenvalue weighted by Gasteiger charge is 2.43. The van der Waals surface area contributed by atoms with Crippen molar-refractivity contribution < 1.29 is 14.3 Å². The average Bonchev–Trinajstić information content (AvgIpc) is 2.53. The summed E-state index contributed by atoms with van der Waals surface area (Å²) in [7, 11) is 4.79. The van der Waals surface area contributed by atoms with Gasteiger partial charge in [0.25, 0.3) is 5.91 Å². The molecule has 5 heteroatoms. The van der Waals surface area contributed by atoms with E-state index in [9.17, 15) is 10.1 Å². The van der Waals surface area contributed by atoms with Gasteiger partial charge in [0.1, 0.15) is 5.54 Å². The summed E-state index contributed by atoms with van der Waals surface area (Å²) in [6.07, 6.45) is 4.72. The van der Waals surface area contributed by atoms with Gasteiger partial charge in [-0.15, -0.1) is 6.58 Å². The number of ether oxygens (including phenoxy) is 2. The highest BCUT2D eigenvalue weighted by Crippen LogP contribution is 2.38. The summed E-state index contributed by atoms with van der Waals surface area (Å²) in [6, 6.07) is 5.73. The van der Waals surface area contributed by atoms with Gasteiger partial charge in [0, 0.05) is 18.2 Å². The second kappa shape index (κ2) is 6.74. The number of carbonyl (C=O) groups excluding carboxylic acids is 1. The first-order chi connectivity index (χ1) is 11.0. The largest absolute Gasteiger partial charge is 0.493 e. The minimum Gasteiger partial charge on any atom is -0.493 e. The van der Waals surface area contributed by atoms with Crippen molar-refractivity contribution in [2.75, 3.05) is 21.3 Å². The number of allylic oxidation sites excluding steroid dienone is 1. The minimum atomic E-state index is -0.678. The van der Waals surface area contributed by atoms with Crippen LogP contribution in [0.3, 0.4) is 0 Å². The summed E-state index contributed by atoms with van der Waals surface area (Å²) in [6.45, 7) is 3.74. The van der Waals surface area contributed by atoms with Crippen LogP contribution in [-0.4, -0.2) is 37.6 Å². The third kappa shape index (κ3) is 2.89. The van der Waals surface area contributed by atoms with Gasteiger partial charge in [0.05, 0.1) is 20.3 Å². The monoisotopic (exact) mass is 314 g/mol. The van der Waals surface area contributed by atoms with E-state index in [1.807, 2.05) is 0 Å². The summed E-state index contributed by atoms with van der Waals surface area (Å²) in [5, 5.41) is 9.42. The molecule has 1 aromatic rings. The highest BCUT2D eigenvalue weighted by molar-refractivity contribution is 5.96. The van der Waals surface area contributed by atoms with E-state index in [1.165, 1.54) is 7.11 Å². The Labute approximate surface area is 137 Å². The molecule has 1 fully saturated rings. The van der Waals surface area contributed by atoms with Crippen LogP contribution in [0.5, 0.6) is 11.5 Å². The summed E-state index contributed by atoms with van der Waals surface area (Å²) in [5.74, 6) is 0.922. The van der Waals surface area contributed by atoms with Gasteiger partial charge < -0.3 is 14.4 Å². The molecule has 1 saturated carbocycles. The molecule has 5 nitrogen and oxygen atoms in total. The van der Waals surface area contributed by atoms with Crippen molar-refractivity contribution in [1.29, 1.82) is 5.26 Å². The Morgan fingerprint density at radius 1 is 1.43 bits per heavy atom. The zero-order chi connectivity index (χ0) is 17.0. The van der Waals surface area contributed by atoms with Gasteiger partial charge in [0.15, 0.2) is 11.5 Å². The van der Waals surface area contributed by atoms with Crippen LogP contribution in [0.15, 0.2) is 24.8 Å². The fraction of sp³-hybridized carbons (Fsp3) is 0.444. The van der Waals surface area contributed by atoms with E-state index in [4.69, 9.17) is 9.47 Å². The lowest BCUT2D eigenvalue weighted by atomic mass is 9.76. The van der Waals surface area contributed by atoms with Crippen molar-refractivity contribution >= 4 is 5.91 Å². The van der Waals surface area contributed by atoms with Crippen LogP contribution < -0.4 is 9.47 Å². The lowest BCUT2D eigenvalue weighted by molar-refractivity contribution is 0.0497. The highest BCUT2D eigenvalue weighted by atomic mass is 16.5. The number of amides is 1. The fourth-order valence-corrected chi connectivity index (χ4v) is 2.90. The molecule has 23 heavy (non-hydrogen) atoms. The Bertz CT molecular complexity index is 657. The first kappa shape index (κ1) is 16.9. The van der Waals surface area contributed by atoms with E-state index < -0.39 is 5.54 Å². The number of nitrogens with zero attached hydrogens (tertiary/aromatic N) is 2. The summed E-state index contributed by atoms with van der Waals surface area (Å²) >= 11 is 0. The number of methoxy groups -OCH3 is 2. The predicted molar refractivity (Wildman–Crippen MR) is 87.7 cm³/mol. The summed E-state index contributed by atoms with van der Waals surface area (Å²) in [5.41, 5.74) is 0.643. The number of rotatable bonds is 6. The Morgan fingerprint density at radius 3 is 2.57 bits per heavy atom. The van der Waals surface area contributed by atoms with Crippen LogP contribution in [0.25, 0.3) is 0 Å². The lowest BCUT2D eigenvalue weighted by Gasteiger charge is -2.43. The van der Waals surface area contributed by atoms with Crippen LogP contribution in [0.4, 0.5) is 0 Å². The van der Waals surface area contributed by atoms with Crippen LogP contribution in [0.2, 0.25) is 0 Å². The second-order valence-electron chi connectivity index (χ2n) is 5.72. The maximum absolute atomic E-state index is 12.8. The third-order valence-electron chi connectivity index (χ3n) is 4.50. The lowest BCUT2D eigenvalue weighted by Crippen LogP contribution is -2.53. The molecule has 1 amide bonds. The third-order valence-corrected chi connectivity index (χ3v) is 4.50. The van der Waals surface area contributed by atoms with Gasteiger partial charge in [0.2, 0.25) is 0 Å². The van der Waals surface area contributed by atoms with Crippen molar-refractivity contribution in [2.24, 2.45) is 0 Å². The molecule has 0 spiro atoms. The van der Waals surface area contributed by atoms with E-state index in [0.29, 0.717) is 23.5 Å². The molecule has 0 aromatic heterocycles. The number of hydrogen-bond acceptors (Lipinski definition) is 4. The molecular formula is C18H22N2O3. The standard InChI is InChI=1S/C18H22N2O3/c1-5-7-13-10-14(11-15(22-3)16(13)23-4)17(21)20(2)18(12-19)8-6-9-18/h5,10-11H,1,6-9H2,2-4H3. The molecule has 122 valence electrons. The van der Waals surface area contributed by atoms with Gasteiger partial charge in [-0.25, -0.2) is 0 Å². The molecule has 0 aliphatic heterocycles. The molecule has 0 radical (unpaired) electrons. The summed E-state index contributed by atoms with van der Waals surface area (Å²) < 4.78 is 10.7. The van der Waals surface area contributed by atoms with E-state index in [2.05, 4.69) is 12.6 Å². The van der Waals surface area contributed by atoms with Crippen molar-refractivity contribution in [2.45, 2.75) is 31.2 Å². The maximum atomic E-state index is 12.8. The molecule has 1 aromatic carbocycles. The quantitative estimate of drug-likeness (QED) is 0.757. The zero-order valence-corrected chi connectivity index (χ0v) is 13.9.